The third-order valence-corrected chi connectivity index (χ3v) is 4.10. The Morgan fingerprint density at radius 1 is 1.27 bits per heavy atom. The summed E-state index contributed by atoms with van der Waals surface area (Å²) in [6, 6.07) is 0. The van der Waals surface area contributed by atoms with Crippen LogP contribution in [0.4, 0.5) is 5.13 Å². The summed E-state index contributed by atoms with van der Waals surface area (Å²) < 4.78 is 0. The molecule has 0 radical (unpaired) electrons. The van der Waals surface area contributed by atoms with Gasteiger partial charge in [0.2, 0.25) is 22.9 Å². The van der Waals surface area contributed by atoms with Crippen molar-refractivity contribution < 1.29 is 14.4 Å². The highest BCUT2D eigenvalue weighted by atomic mass is 32.1. The molecule has 3 amide bonds. The second-order valence-electron chi connectivity index (χ2n) is 5.69. The number of carbonyl (C=O) groups is 3. The van der Waals surface area contributed by atoms with Gasteiger partial charge in [-0.3, -0.25) is 19.3 Å². The first-order valence-corrected chi connectivity index (χ1v) is 8.22. The van der Waals surface area contributed by atoms with Gasteiger partial charge in [-0.2, -0.15) is 0 Å². The fourth-order valence-corrected chi connectivity index (χ4v) is 3.16. The number of nitrogens with zero attached hydrogens (tertiary/aromatic N) is 3. The van der Waals surface area contributed by atoms with Crippen molar-refractivity contribution in [1.29, 1.82) is 0 Å². The highest BCUT2D eigenvalue weighted by Gasteiger charge is 2.28. The summed E-state index contributed by atoms with van der Waals surface area (Å²) in [6.07, 6.45) is 2.12. The first-order valence-electron chi connectivity index (χ1n) is 7.41. The van der Waals surface area contributed by atoms with E-state index in [4.69, 9.17) is 0 Å². The van der Waals surface area contributed by atoms with Crippen LogP contribution in [0.25, 0.3) is 0 Å². The Hall–Kier alpha value is -1.83. The van der Waals surface area contributed by atoms with E-state index in [-0.39, 0.29) is 37.0 Å². The van der Waals surface area contributed by atoms with Gasteiger partial charge < -0.3 is 5.32 Å². The maximum Gasteiger partial charge on any atom is 0.229 e. The minimum Gasteiger partial charge on any atom is -0.301 e. The SMILES string of the molecule is CC(C)Cc1nnc(NC(=O)CCCN2C(=O)CCC2=O)s1. The number of likely N-dealkylation sites (tertiary alicyclic amines) is 1. The second-order valence-corrected chi connectivity index (χ2v) is 6.75. The predicted molar refractivity (Wildman–Crippen MR) is 82.3 cm³/mol. The number of hydrogen-bond acceptors (Lipinski definition) is 6. The first kappa shape index (κ1) is 16.5. The van der Waals surface area contributed by atoms with Gasteiger partial charge >= 0.3 is 0 Å². The molecule has 1 aliphatic heterocycles. The highest BCUT2D eigenvalue weighted by Crippen LogP contribution is 2.18. The number of amides is 3. The molecule has 120 valence electrons. The van der Waals surface area contributed by atoms with Crippen LogP contribution < -0.4 is 5.32 Å². The topological polar surface area (TPSA) is 92.3 Å². The van der Waals surface area contributed by atoms with Crippen LogP contribution in [0.15, 0.2) is 0 Å². The lowest BCUT2D eigenvalue weighted by atomic mass is 10.1. The lowest BCUT2D eigenvalue weighted by molar-refractivity contribution is -0.138. The normalized spacial score (nSPS) is 15.0. The second kappa shape index (κ2) is 7.44. The largest absolute Gasteiger partial charge is 0.301 e. The average Bonchev–Trinajstić information content (AvgIpc) is 2.98. The molecule has 2 rings (SSSR count). The molecule has 0 atom stereocenters. The molecular formula is C14H20N4O3S. The Kier molecular flexibility index (Phi) is 5.59. The van der Waals surface area contributed by atoms with Crippen molar-refractivity contribution >= 4 is 34.2 Å². The number of carbonyl (C=O) groups excluding carboxylic acids is 3. The minimum atomic E-state index is -0.175. The molecule has 0 aromatic carbocycles. The maximum atomic E-state index is 11.8. The number of anilines is 1. The van der Waals surface area contributed by atoms with Crippen molar-refractivity contribution in [2.75, 3.05) is 11.9 Å². The molecule has 0 aliphatic carbocycles. The van der Waals surface area contributed by atoms with Crippen LogP contribution in [0.2, 0.25) is 0 Å². The van der Waals surface area contributed by atoms with Crippen LogP contribution in [0.1, 0.15) is 44.5 Å². The molecule has 1 aromatic rings. The van der Waals surface area contributed by atoms with Crippen molar-refractivity contribution in [3.63, 3.8) is 0 Å². The molecule has 0 unspecified atom stereocenters. The molecule has 1 aromatic heterocycles. The highest BCUT2D eigenvalue weighted by molar-refractivity contribution is 7.15. The quantitative estimate of drug-likeness (QED) is 0.769. The van der Waals surface area contributed by atoms with Gasteiger partial charge in [-0.1, -0.05) is 25.2 Å². The number of hydrogen-bond donors (Lipinski definition) is 1. The molecule has 2 heterocycles. The summed E-state index contributed by atoms with van der Waals surface area (Å²) in [4.78, 5) is 35.9. The Morgan fingerprint density at radius 2 is 1.95 bits per heavy atom. The van der Waals surface area contributed by atoms with Gasteiger partial charge in [0, 0.05) is 32.2 Å². The van der Waals surface area contributed by atoms with Crippen molar-refractivity contribution in [2.45, 2.75) is 46.0 Å². The van der Waals surface area contributed by atoms with Gasteiger partial charge in [0.05, 0.1) is 0 Å². The molecule has 22 heavy (non-hydrogen) atoms. The fraction of sp³-hybridized carbons (Fsp3) is 0.643. The third-order valence-electron chi connectivity index (χ3n) is 3.24. The van der Waals surface area contributed by atoms with E-state index in [9.17, 15) is 14.4 Å². The number of nitrogens with one attached hydrogen (secondary N) is 1. The zero-order chi connectivity index (χ0) is 16.1. The monoisotopic (exact) mass is 324 g/mol. The van der Waals surface area contributed by atoms with Gasteiger partial charge in [-0.25, -0.2) is 0 Å². The molecule has 1 fully saturated rings. The van der Waals surface area contributed by atoms with Gasteiger partial charge in [0.1, 0.15) is 5.01 Å². The molecule has 0 saturated carbocycles. The smallest absolute Gasteiger partial charge is 0.229 e. The van der Waals surface area contributed by atoms with E-state index in [0.717, 1.165) is 11.4 Å². The Bertz CT molecular complexity index is 554. The molecule has 0 bridgehead atoms. The van der Waals surface area contributed by atoms with Crippen LogP contribution in [0.3, 0.4) is 0 Å². The molecule has 7 nitrogen and oxygen atoms in total. The van der Waals surface area contributed by atoms with E-state index in [1.54, 1.807) is 0 Å². The molecule has 0 spiro atoms. The van der Waals surface area contributed by atoms with Gasteiger partial charge in [-0.15, -0.1) is 10.2 Å². The zero-order valence-corrected chi connectivity index (χ0v) is 13.6. The lowest BCUT2D eigenvalue weighted by Crippen LogP contribution is -2.30. The Labute approximate surface area is 133 Å². The maximum absolute atomic E-state index is 11.8. The van der Waals surface area contributed by atoms with Crippen LogP contribution >= 0.6 is 11.3 Å². The summed E-state index contributed by atoms with van der Waals surface area (Å²) in [6.45, 7) is 4.50. The zero-order valence-electron chi connectivity index (χ0n) is 12.8. The average molecular weight is 324 g/mol. The first-order chi connectivity index (χ1) is 10.5. The molecule has 1 N–H and O–H groups in total. The van der Waals surface area contributed by atoms with E-state index in [2.05, 4.69) is 29.4 Å². The number of aromatic nitrogens is 2. The van der Waals surface area contributed by atoms with Crippen molar-refractivity contribution in [1.82, 2.24) is 15.1 Å². The fourth-order valence-electron chi connectivity index (χ4n) is 2.19. The Balaban J connectivity index is 1.72. The van der Waals surface area contributed by atoms with E-state index in [0.29, 0.717) is 24.0 Å². The Morgan fingerprint density at radius 3 is 2.59 bits per heavy atom. The molecule has 8 heteroatoms. The summed E-state index contributed by atoms with van der Waals surface area (Å²) >= 11 is 1.38. The van der Waals surface area contributed by atoms with Crippen molar-refractivity contribution in [2.24, 2.45) is 5.92 Å². The van der Waals surface area contributed by atoms with E-state index in [1.807, 2.05) is 0 Å². The van der Waals surface area contributed by atoms with E-state index in [1.165, 1.54) is 16.2 Å². The van der Waals surface area contributed by atoms with Gasteiger partial charge in [0.15, 0.2) is 0 Å². The van der Waals surface area contributed by atoms with E-state index >= 15 is 0 Å². The molecule has 1 aliphatic rings. The van der Waals surface area contributed by atoms with Crippen LogP contribution in [-0.4, -0.2) is 39.4 Å². The molecule has 1 saturated heterocycles. The van der Waals surface area contributed by atoms with Crippen LogP contribution in [0, 0.1) is 5.92 Å². The van der Waals surface area contributed by atoms with E-state index < -0.39 is 0 Å². The summed E-state index contributed by atoms with van der Waals surface area (Å²) in [5.74, 6) is 0.0269. The van der Waals surface area contributed by atoms with Gasteiger partial charge in [-0.05, 0) is 12.3 Å². The van der Waals surface area contributed by atoms with Crippen LogP contribution in [0.5, 0.6) is 0 Å². The van der Waals surface area contributed by atoms with Crippen molar-refractivity contribution in [3.05, 3.63) is 5.01 Å². The molecular weight excluding hydrogens is 304 g/mol. The summed E-state index contributed by atoms with van der Waals surface area (Å²) in [5.41, 5.74) is 0. The number of imide groups is 1. The minimum absolute atomic E-state index is 0.146. The standard InChI is InChI=1S/C14H20N4O3S/c1-9(2)8-11-16-17-14(22-11)15-10(19)4-3-7-18-12(20)5-6-13(18)21/h9H,3-8H2,1-2H3,(H,15,17,19). The van der Waals surface area contributed by atoms with Crippen molar-refractivity contribution in [3.8, 4) is 0 Å². The third kappa shape index (κ3) is 4.59. The summed E-state index contributed by atoms with van der Waals surface area (Å²) in [7, 11) is 0. The van der Waals surface area contributed by atoms with Crippen LogP contribution in [-0.2, 0) is 20.8 Å². The predicted octanol–water partition coefficient (Wildman–Crippen LogP) is 1.60. The lowest BCUT2D eigenvalue weighted by Gasteiger charge is -2.12. The van der Waals surface area contributed by atoms with Gasteiger partial charge in [0.25, 0.3) is 0 Å². The summed E-state index contributed by atoms with van der Waals surface area (Å²) in [5, 5.41) is 12.1. The number of rotatable bonds is 7.